The summed E-state index contributed by atoms with van der Waals surface area (Å²) in [5.41, 5.74) is 0. The van der Waals surface area contributed by atoms with E-state index in [1.165, 1.54) is 6.92 Å². The van der Waals surface area contributed by atoms with Crippen molar-refractivity contribution in [1.29, 1.82) is 0 Å². The van der Waals surface area contributed by atoms with Crippen molar-refractivity contribution >= 4 is 12.6 Å². The van der Waals surface area contributed by atoms with Crippen LogP contribution in [0.1, 0.15) is 6.92 Å². The summed E-state index contributed by atoms with van der Waals surface area (Å²) in [5.74, 6) is -0.0926. The van der Waals surface area contributed by atoms with Gasteiger partial charge in [-0.15, -0.1) is 6.92 Å². The minimum Gasteiger partial charge on any atom is -0.648 e. The smallest absolute Gasteiger partial charge is 0 e. The zero-order valence-corrected chi connectivity index (χ0v) is 9.80. The van der Waals surface area contributed by atoms with E-state index < -0.39 is 0 Å². The monoisotopic (exact) mass is 246 g/mol. The van der Waals surface area contributed by atoms with Crippen molar-refractivity contribution in [2.24, 2.45) is 4.99 Å². The fraction of sp³-hybridized carbons (Fsp3) is 0.333. The van der Waals surface area contributed by atoms with Crippen molar-refractivity contribution in [3.05, 3.63) is 5.41 Å². The Labute approximate surface area is 93.8 Å². The summed E-state index contributed by atoms with van der Waals surface area (Å²) in [6, 6.07) is 0. The molecule has 0 unspecified atom stereocenters. The second kappa shape index (κ2) is 10.5. The van der Waals surface area contributed by atoms with Crippen molar-refractivity contribution < 1.29 is 65.4 Å². The fourth-order valence-corrected chi connectivity index (χ4v) is 0. The van der Waals surface area contributed by atoms with Crippen LogP contribution in [0.25, 0.3) is 5.41 Å². The summed E-state index contributed by atoms with van der Waals surface area (Å²) in [4.78, 5) is 2.86. The largest absolute Gasteiger partial charge is 0.648 e. The Hall–Kier alpha value is 1.55. The van der Waals surface area contributed by atoms with Crippen molar-refractivity contribution in [3.63, 3.8) is 0 Å². The second-order valence-corrected chi connectivity index (χ2v) is 0.676. The molecule has 7 heavy (non-hydrogen) atoms. The molecular weight excluding hydrogens is 242 g/mol. The van der Waals surface area contributed by atoms with Gasteiger partial charge in [0.1, 0.15) is 0 Å². The molecule has 0 aromatic carbocycles. The Morgan fingerprint density at radius 2 is 1.71 bits per heavy atom. The van der Waals surface area contributed by atoms with Gasteiger partial charge in [0, 0.05) is 65.4 Å². The number of aliphatic imine (C=N–C) groups is 1. The van der Waals surface area contributed by atoms with Crippen LogP contribution in [0.15, 0.2) is 4.99 Å². The Bertz CT molecular complexity index is 62.0. The maximum absolute atomic E-state index is 7.99. The van der Waals surface area contributed by atoms with E-state index in [0.29, 0.717) is 0 Å². The Kier molecular flexibility index (Phi) is 23.8. The number of rotatable bonds is 0. The third-order valence-corrected chi connectivity index (χ3v) is 0.187. The summed E-state index contributed by atoms with van der Waals surface area (Å²) in [7, 11) is 0. The zero-order chi connectivity index (χ0) is 4.28. The molecule has 2 nitrogen and oxygen atoms in total. The molecule has 34 valence electrons. The molecule has 0 aromatic heterocycles. The zero-order valence-electron chi connectivity index (χ0n) is 4.13. The SMILES string of the molecule is [CH-]=NC(C)=[N-].[Y].[Y]. The first-order valence-electron chi connectivity index (χ1n) is 1.21. The van der Waals surface area contributed by atoms with Gasteiger partial charge in [-0.1, -0.05) is 0 Å². The van der Waals surface area contributed by atoms with Crippen LogP contribution in [0.5, 0.6) is 0 Å². The molecule has 0 saturated carbocycles. The van der Waals surface area contributed by atoms with Gasteiger partial charge in [-0.2, -0.15) is 0 Å². The molecule has 0 bridgehead atoms. The number of hydrogen-bond donors (Lipinski definition) is 0. The van der Waals surface area contributed by atoms with Crippen LogP contribution in [0.3, 0.4) is 0 Å². The van der Waals surface area contributed by atoms with Gasteiger partial charge in [0.25, 0.3) is 0 Å². The van der Waals surface area contributed by atoms with Crippen LogP contribution >= 0.6 is 0 Å². The summed E-state index contributed by atoms with van der Waals surface area (Å²) in [6.45, 7) is 5.91. The quantitative estimate of drug-likeness (QED) is 0.340. The summed E-state index contributed by atoms with van der Waals surface area (Å²) < 4.78 is 0. The molecule has 0 aliphatic heterocycles. The van der Waals surface area contributed by atoms with E-state index in [1.807, 2.05) is 0 Å². The molecule has 0 amide bonds. The van der Waals surface area contributed by atoms with Crippen molar-refractivity contribution in [3.8, 4) is 0 Å². The van der Waals surface area contributed by atoms with E-state index in [4.69, 9.17) is 5.41 Å². The molecular formula is C3H4N2Y2-2. The van der Waals surface area contributed by atoms with E-state index in [1.54, 1.807) is 0 Å². The minimum atomic E-state index is -0.0926. The maximum Gasteiger partial charge on any atom is 0 e. The van der Waals surface area contributed by atoms with Gasteiger partial charge in [-0.05, 0) is 0 Å². The average Bonchev–Trinajstić information content (AvgIpc) is 1.38. The Morgan fingerprint density at radius 3 is 1.71 bits per heavy atom. The molecule has 0 spiro atoms. The second-order valence-electron chi connectivity index (χ2n) is 0.676. The van der Waals surface area contributed by atoms with Gasteiger partial charge in [-0.25, -0.2) is 0 Å². The van der Waals surface area contributed by atoms with E-state index in [0.717, 1.165) is 0 Å². The van der Waals surface area contributed by atoms with Gasteiger partial charge in [0.2, 0.25) is 0 Å². The standard InChI is InChI=1S/C3H4N2.2Y/c1-3(4)5-2;;/h2H,1H3;;/q-2;;. The molecule has 2 radical (unpaired) electrons. The van der Waals surface area contributed by atoms with Crippen LogP contribution in [0.4, 0.5) is 0 Å². The summed E-state index contributed by atoms with van der Waals surface area (Å²) >= 11 is 0. The van der Waals surface area contributed by atoms with Gasteiger partial charge >= 0.3 is 0 Å². The fourth-order valence-electron chi connectivity index (χ4n) is 0. The van der Waals surface area contributed by atoms with Gasteiger partial charge in [0.05, 0.1) is 0 Å². The molecule has 4 heteroatoms. The number of hydrogen-bond acceptors (Lipinski definition) is 0. The molecule has 0 atom stereocenters. The summed E-state index contributed by atoms with van der Waals surface area (Å²) in [6.07, 6.45) is 0. The average molecular weight is 246 g/mol. The van der Waals surface area contributed by atoms with Crippen LogP contribution < -0.4 is 0 Å². The number of nitrogens with zero attached hydrogens (tertiary/aromatic N) is 2. The molecule has 0 aromatic rings. The van der Waals surface area contributed by atoms with Gasteiger partial charge in [-0.3, -0.25) is 5.84 Å². The van der Waals surface area contributed by atoms with E-state index in [-0.39, 0.29) is 71.3 Å². The first kappa shape index (κ1) is 15.8. The third-order valence-electron chi connectivity index (χ3n) is 0.187. The van der Waals surface area contributed by atoms with E-state index in [9.17, 15) is 0 Å². The van der Waals surface area contributed by atoms with Gasteiger partial charge in [0.15, 0.2) is 0 Å². The Morgan fingerprint density at radius 1 is 1.57 bits per heavy atom. The molecule has 0 heterocycles. The number of amidine groups is 1. The van der Waals surface area contributed by atoms with E-state index >= 15 is 0 Å². The Balaban J connectivity index is -0.0000000800. The first-order chi connectivity index (χ1) is 2.27. The van der Waals surface area contributed by atoms with Crippen LogP contribution in [0.2, 0.25) is 0 Å². The molecule has 0 fully saturated rings. The van der Waals surface area contributed by atoms with Crippen LogP contribution in [-0.4, -0.2) is 12.6 Å². The minimum absolute atomic E-state index is 0. The van der Waals surface area contributed by atoms with Crippen molar-refractivity contribution in [2.75, 3.05) is 0 Å². The predicted molar refractivity (Wildman–Crippen MR) is 22.5 cm³/mol. The molecule has 0 N–H and O–H groups in total. The molecule has 0 saturated heterocycles. The van der Waals surface area contributed by atoms with Crippen LogP contribution in [0, 0.1) is 0 Å². The molecule has 0 aliphatic carbocycles. The molecule has 0 aliphatic rings. The molecule has 0 rings (SSSR count). The van der Waals surface area contributed by atoms with E-state index in [2.05, 4.69) is 11.7 Å². The maximum atomic E-state index is 7.99. The topological polar surface area (TPSA) is 34.7 Å². The first-order valence-corrected chi connectivity index (χ1v) is 1.21. The predicted octanol–water partition coefficient (Wildman–Crippen LogP) is 0.547. The third kappa shape index (κ3) is 18.5. The van der Waals surface area contributed by atoms with Gasteiger partial charge < -0.3 is 17.1 Å². The van der Waals surface area contributed by atoms with Crippen LogP contribution in [-0.2, 0) is 65.4 Å². The normalized spacial score (nSPS) is 4.71. The van der Waals surface area contributed by atoms with Crippen molar-refractivity contribution in [2.45, 2.75) is 6.92 Å². The van der Waals surface area contributed by atoms with Crippen molar-refractivity contribution in [1.82, 2.24) is 0 Å². The summed E-state index contributed by atoms with van der Waals surface area (Å²) in [5, 5.41) is 7.99.